The number of hydrogen-bond acceptors (Lipinski definition) is 5. The maximum absolute atomic E-state index is 12.6. The van der Waals surface area contributed by atoms with Crippen molar-refractivity contribution in [3.05, 3.63) is 88.9 Å². The third-order valence-corrected chi connectivity index (χ3v) is 6.37. The van der Waals surface area contributed by atoms with Crippen LogP contribution in [0.4, 0.5) is 11.4 Å². The molecular formula is C27H27ClN4O3S. The molecule has 7 nitrogen and oxygen atoms in total. The minimum atomic E-state index is -0.326. The fraction of sp³-hybridized carbons (Fsp3) is 0.222. The van der Waals surface area contributed by atoms with Gasteiger partial charge in [0.25, 0.3) is 5.91 Å². The molecular weight excluding hydrogens is 496 g/mol. The van der Waals surface area contributed by atoms with Crippen molar-refractivity contribution in [2.24, 2.45) is 0 Å². The Kier molecular flexibility index (Phi) is 8.40. The zero-order valence-electron chi connectivity index (χ0n) is 19.9. The van der Waals surface area contributed by atoms with Gasteiger partial charge < -0.3 is 19.9 Å². The van der Waals surface area contributed by atoms with E-state index in [0.717, 1.165) is 24.3 Å². The monoisotopic (exact) mass is 522 g/mol. The van der Waals surface area contributed by atoms with Crippen molar-refractivity contribution in [2.45, 2.75) is 13.5 Å². The summed E-state index contributed by atoms with van der Waals surface area (Å²) in [6, 6.07) is 22.3. The van der Waals surface area contributed by atoms with E-state index in [1.54, 1.807) is 37.3 Å². The molecule has 1 aliphatic rings. The summed E-state index contributed by atoms with van der Waals surface area (Å²) in [5, 5.41) is 6.42. The number of nitrogens with zero attached hydrogens (tertiary/aromatic N) is 2. The third-order valence-electron chi connectivity index (χ3n) is 5.86. The van der Waals surface area contributed by atoms with Crippen LogP contribution in [0.2, 0.25) is 5.02 Å². The van der Waals surface area contributed by atoms with E-state index < -0.39 is 0 Å². The smallest absolute Gasteiger partial charge is 0.257 e. The lowest BCUT2D eigenvalue weighted by Gasteiger charge is -2.36. The maximum atomic E-state index is 12.6. The Bertz CT molecular complexity index is 1230. The minimum Gasteiger partial charge on any atom is -0.489 e. The number of benzene rings is 3. The van der Waals surface area contributed by atoms with Gasteiger partial charge in [-0.25, -0.2) is 0 Å². The van der Waals surface area contributed by atoms with Crippen LogP contribution in [0.3, 0.4) is 0 Å². The summed E-state index contributed by atoms with van der Waals surface area (Å²) >= 11 is 11.8. The maximum Gasteiger partial charge on any atom is 0.257 e. The van der Waals surface area contributed by atoms with E-state index >= 15 is 0 Å². The van der Waals surface area contributed by atoms with Gasteiger partial charge in [-0.05, 0) is 60.2 Å². The molecule has 9 heteroatoms. The van der Waals surface area contributed by atoms with Crippen molar-refractivity contribution in [3.8, 4) is 5.75 Å². The molecule has 1 saturated heterocycles. The molecule has 1 aliphatic heterocycles. The van der Waals surface area contributed by atoms with E-state index in [4.69, 9.17) is 28.6 Å². The summed E-state index contributed by atoms with van der Waals surface area (Å²) < 4.78 is 5.76. The summed E-state index contributed by atoms with van der Waals surface area (Å²) in [6.07, 6.45) is 0. The van der Waals surface area contributed by atoms with Gasteiger partial charge in [-0.15, -0.1) is 0 Å². The van der Waals surface area contributed by atoms with Gasteiger partial charge in [0.1, 0.15) is 12.4 Å². The van der Waals surface area contributed by atoms with Gasteiger partial charge in [0.15, 0.2) is 5.11 Å². The highest BCUT2D eigenvalue weighted by Crippen LogP contribution is 2.29. The first-order valence-corrected chi connectivity index (χ1v) is 12.4. The van der Waals surface area contributed by atoms with Crippen LogP contribution in [-0.4, -0.2) is 48.0 Å². The van der Waals surface area contributed by atoms with Crippen LogP contribution in [0.1, 0.15) is 22.8 Å². The van der Waals surface area contributed by atoms with Crippen molar-refractivity contribution in [1.29, 1.82) is 0 Å². The molecule has 4 rings (SSSR count). The molecule has 3 aromatic carbocycles. The number of hydrogen-bond donors (Lipinski definition) is 2. The minimum absolute atomic E-state index is 0.0863. The van der Waals surface area contributed by atoms with Crippen molar-refractivity contribution < 1.29 is 14.3 Å². The highest BCUT2D eigenvalue weighted by Gasteiger charge is 2.20. The number of nitrogens with one attached hydrogen (secondary N) is 2. The lowest BCUT2D eigenvalue weighted by molar-refractivity contribution is -0.129. The van der Waals surface area contributed by atoms with Crippen molar-refractivity contribution in [2.75, 3.05) is 36.4 Å². The van der Waals surface area contributed by atoms with Crippen molar-refractivity contribution in [1.82, 2.24) is 10.2 Å². The van der Waals surface area contributed by atoms with Crippen LogP contribution in [0, 0.1) is 0 Å². The molecule has 36 heavy (non-hydrogen) atoms. The summed E-state index contributed by atoms with van der Waals surface area (Å²) in [5.41, 5.74) is 3.10. The van der Waals surface area contributed by atoms with Gasteiger partial charge in [0, 0.05) is 44.4 Å². The lowest BCUT2D eigenvalue weighted by Crippen LogP contribution is -2.48. The molecule has 1 heterocycles. The normalized spacial score (nSPS) is 13.2. The molecule has 0 aromatic heterocycles. The summed E-state index contributed by atoms with van der Waals surface area (Å²) in [4.78, 5) is 28.1. The standard InChI is InChI=1S/C27H27ClN4O3S/c1-19(33)31-13-15-32(16-14-31)25-12-9-22(17-24(25)28)29-27(36)30-26(34)21-7-10-23(11-8-21)35-18-20-5-3-2-4-6-20/h2-12,17H,13-16,18H2,1H3,(H2,29,30,34,36). The summed E-state index contributed by atoms with van der Waals surface area (Å²) in [5.74, 6) is 0.435. The molecule has 0 atom stereocenters. The number of amides is 2. The van der Waals surface area contributed by atoms with Gasteiger partial charge in [0.2, 0.25) is 5.91 Å². The van der Waals surface area contributed by atoms with Gasteiger partial charge in [-0.3, -0.25) is 14.9 Å². The van der Waals surface area contributed by atoms with Crippen LogP contribution in [-0.2, 0) is 11.4 Å². The quantitative estimate of drug-likeness (QED) is 0.457. The Morgan fingerprint density at radius 3 is 2.31 bits per heavy atom. The summed E-state index contributed by atoms with van der Waals surface area (Å²) in [7, 11) is 0. The Labute approximate surface area is 221 Å². The number of piperazine rings is 1. The first kappa shape index (κ1) is 25.5. The molecule has 3 aromatic rings. The average Bonchev–Trinajstić information content (AvgIpc) is 2.88. The second kappa shape index (κ2) is 11.9. The molecule has 2 N–H and O–H groups in total. The Morgan fingerprint density at radius 1 is 0.972 bits per heavy atom. The number of halogens is 1. The molecule has 1 fully saturated rings. The SMILES string of the molecule is CC(=O)N1CCN(c2ccc(NC(=S)NC(=O)c3ccc(OCc4ccccc4)cc3)cc2Cl)CC1. The Hall–Kier alpha value is -3.62. The van der Waals surface area contributed by atoms with Crippen molar-refractivity contribution >= 4 is 52.1 Å². The number of thiocarbonyl (C=S) groups is 1. The highest BCUT2D eigenvalue weighted by atomic mass is 35.5. The van der Waals surface area contributed by atoms with E-state index in [1.807, 2.05) is 47.4 Å². The zero-order chi connectivity index (χ0) is 25.5. The molecule has 0 spiro atoms. The Balaban J connectivity index is 1.28. The summed E-state index contributed by atoms with van der Waals surface area (Å²) in [6.45, 7) is 4.81. The average molecular weight is 523 g/mol. The predicted octanol–water partition coefficient (Wildman–Crippen LogP) is 4.71. The number of ether oxygens (including phenoxy) is 1. The second-order valence-corrected chi connectivity index (χ2v) is 9.18. The molecule has 0 bridgehead atoms. The van der Waals surface area contributed by atoms with Crippen molar-refractivity contribution in [3.63, 3.8) is 0 Å². The van der Waals surface area contributed by atoms with E-state index in [0.29, 0.717) is 41.7 Å². The highest BCUT2D eigenvalue weighted by molar-refractivity contribution is 7.80. The second-order valence-electron chi connectivity index (χ2n) is 8.37. The van der Waals surface area contributed by atoms with Gasteiger partial charge in [-0.1, -0.05) is 41.9 Å². The van der Waals surface area contributed by atoms with Crippen LogP contribution in [0.15, 0.2) is 72.8 Å². The first-order valence-electron chi connectivity index (χ1n) is 11.6. The van der Waals surface area contributed by atoms with E-state index in [-0.39, 0.29) is 16.9 Å². The number of carbonyl (C=O) groups is 2. The van der Waals surface area contributed by atoms with Gasteiger partial charge in [-0.2, -0.15) is 0 Å². The fourth-order valence-corrected chi connectivity index (χ4v) is 4.40. The van der Waals surface area contributed by atoms with Crippen LogP contribution in [0.25, 0.3) is 0 Å². The third kappa shape index (κ3) is 6.74. The molecule has 2 amide bonds. The largest absolute Gasteiger partial charge is 0.489 e. The molecule has 186 valence electrons. The van der Waals surface area contributed by atoms with Crippen LogP contribution < -0.4 is 20.3 Å². The number of anilines is 2. The molecule has 0 aliphatic carbocycles. The fourth-order valence-electron chi connectivity index (χ4n) is 3.88. The Morgan fingerprint density at radius 2 is 1.67 bits per heavy atom. The van der Waals surface area contributed by atoms with E-state index in [2.05, 4.69) is 15.5 Å². The number of carbonyl (C=O) groups excluding carboxylic acids is 2. The molecule has 0 saturated carbocycles. The van der Waals surface area contributed by atoms with Gasteiger partial charge in [0.05, 0.1) is 10.7 Å². The zero-order valence-corrected chi connectivity index (χ0v) is 21.4. The van der Waals surface area contributed by atoms with Crippen LogP contribution in [0.5, 0.6) is 5.75 Å². The first-order chi connectivity index (χ1) is 17.4. The lowest BCUT2D eigenvalue weighted by atomic mass is 10.2. The molecule has 0 radical (unpaired) electrons. The van der Waals surface area contributed by atoms with E-state index in [9.17, 15) is 9.59 Å². The number of rotatable bonds is 6. The van der Waals surface area contributed by atoms with E-state index in [1.165, 1.54) is 0 Å². The van der Waals surface area contributed by atoms with Gasteiger partial charge >= 0.3 is 0 Å². The topological polar surface area (TPSA) is 73.9 Å². The van der Waals surface area contributed by atoms with Crippen LogP contribution >= 0.6 is 23.8 Å². The predicted molar refractivity (Wildman–Crippen MR) is 147 cm³/mol. The molecule has 0 unspecified atom stereocenters.